The maximum absolute atomic E-state index is 14.2. The summed E-state index contributed by atoms with van der Waals surface area (Å²) in [6.45, 7) is 0.132. The summed E-state index contributed by atoms with van der Waals surface area (Å²) in [5, 5.41) is 9.51. The summed E-state index contributed by atoms with van der Waals surface area (Å²) < 4.78 is 29.2. The molecule has 5 rings (SSSR count). The van der Waals surface area contributed by atoms with Crippen LogP contribution in [-0.2, 0) is 34.3 Å². The van der Waals surface area contributed by atoms with Crippen LogP contribution in [0, 0.1) is 11.3 Å². The fourth-order valence-corrected chi connectivity index (χ4v) is 6.04. The average molecular weight is 534 g/mol. The Labute approximate surface area is 221 Å². The number of halogens is 1. The molecular weight excluding hydrogens is 510 g/mol. The van der Waals surface area contributed by atoms with E-state index in [0.29, 0.717) is 22.5 Å². The lowest BCUT2D eigenvalue weighted by Gasteiger charge is -2.30. The van der Waals surface area contributed by atoms with Crippen LogP contribution in [0.4, 0.5) is 5.69 Å². The summed E-state index contributed by atoms with van der Waals surface area (Å²) in [4.78, 5) is 23.0. The quantitative estimate of drug-likeness (QED) is 0.402. The van der Waals surface area contributed by atoms with Gasteiger partial charge < -0.3 is 9.88 Å². The van der Waals surface area contributed by atoms with Crippen molar-refractivity contribution in [3.05, 3.63) is 114 Å². The number of nitrogens with zero attached hydrogens (tertiary/aromatic N) is 4. The molecule has 2 heterocycles. The molecule has 0 radical (unpaired) electrons. The summed E-state index contributed by atoms with van der Waals surface area (Å²) in [6, 6.07) is 23.6. The van der Waals surface area contributed by atoms with Gasteiger partial charge in [-0.1, -0.05) is 48.5 Å². The van der Waals surface area contributed by atoms with Gasteiger partial charge in [-0.2, -0.15) is 9.57 Å². The van der Waals surface area contributed by atoms with E-state index in [2.05, 4.69) is 16.0 Å². The van der Waals surface area contributed by atoms with Gasteiger partial charge in [0.25, 0.3) is 0 Å². The smallest absolute Gasteiger partial charge is 0.246 e. The molecule has 0 saturated carbocycles. The first-order chi connectivity index (χ1) is 17.5. The van der Waals surface area contributed by atoms with Gasteiger partial charge in [0, 0.05) is 18.4 Å². The SMILES string of the molecule is Cl.N#Cc1ccc2c(c1)CN(S(=O)(=O)c1ccccc1)C(Cc1ccccc1)C(=O)N2Cc1cnc[nH]1. The van der Waals surface area contributed by atoms with E-state index in [9.17, 15) is 18.5 Å². The van der Waals surface area contributed by atoms with Crippen molar-refractivity contribution in [2.24, 2.45) is 0 Å². The Morgan fingerprint density at radius 3 is 2.38 bits per heavy atom. The van der Waals surface area contributed by atoms with E-state index in [1.54, 1.807) is 47.5 Å². The molecular formula is C27H24ClN5O3S. The second-order valence-electron chi connectivity index (χ2n) is 8.53. The predicted octanol–water partition coefficient (Wildman–Crippen LogP) is 4.05. The van der Waals surface area contributed by atoms with E-state index in [1.165, 1.54) is 22.8 Å². The van der Waals surface area contributed by atoms with Crippen LogP contribution in [0.25, 0.3) is 0 Å². The second kappa shape index (κ2) is 11.0. The third-order valence-electron chi connectivity index (χ3n) is 6.23. The average Bonchev–Trinajstić information content (AvgIpc) is 3.40. The van der Waals surface area contributed by atoms with E-state index < -0.39 is 16.1 Å². The Morgan fingerprint density at radius 2 is 1.73 bits per heavy atom. The van der Waals surface area contributed by atoms with Gasteiger partial charge in [0.15, 0.2) is 0 Å². The standard InChI is InChI=1S/C27H23N5O3S.ClH/c28-15-21-11-12-25-22(13-21)17-32(36(34,35)24-9-5-2-6-10-24)26(14-20-7-3-1-4-8-20)27(33)31(25)18-23-16-29-19-30-23;/h1-13,16,19,26H,14,17-18H2,(H,29,30);1H. The molecule has 37 heavy (non-hydrogen) atoms. The van der Waals surface area contributed by atoms with Crippen LogP contribution >= 0.6 is 12.4 Å². The Hall–Kier alpha value is -3.97. The normalized spacial score (nSPS) is 15.8. The first kappa shape index (κ1) is 26.1. The number of hydrogen-bond donors (Lipinski definition) is 1. The largest absolute Gasteiger partial charge is 0.347 e. The number of carbonyl (C=O) groups excluding carboxylic acids is 1. The van der Waals surface area contributed by atoms with Crippen molar-refractivity contribution in [1.29, 1.82) is 5.26 Å². The molecule has 4 aromatic rings. The van der Waals surface area contributed by atoms with E-state index in [4.69, 9.17) is 0 Å². The van der Waals surface area contributed by atoms with Gasteiger partial charge in [0.05, 0.1) is 35.1 Å². The molecule has 8 nitrogen and oxygen atoms in total. The fraction of sp³-hybridized carbons (Fsp3) is 0.148. The molecule has 1 atom stereocenters. The molecule has 0 aliphatic carbocycles. The maximum Gasteiger partial charge on any atom is 0.246 e. The number of aromatic amines is 1. The number of fused-ring (bicyclic) bond motifs is 1. The van der Waals surface area contributed by atoms with Crippen molar-refractivity contribution in [1.82, 2.24) is 14.3 Å². The highest BCUT2D eigenvalue weighted by Gasteiger charge is 2.42. The van der Waals surface area contributed by atoms with Crippen LogP contribution < -0.4 is 4.90 Å². The lowest BCUT2D eigenvalue weighted by molar-refractivity contribution is -0.122. The number of benzene rings is 3. The molecule has 1 aliphatic rings. The Balaban J connectivity index is 0.00000320. The highest BCUT2D eigenvalue weighted by atomic mass is 35.5. The number of imidazole rings is 1. The van der Waals surface area contributed by atoms with Crippen LogP contribution in [0.1, 0.15) is 22.4 Å². The molecule has 1 N–H and O–H groups in total. The number of rotatable bonds is 6. The van der Waals surface area contributed by atoms with E-state index in [1.807, 2.05) is 30.3 Å². The van der Waals surface area contributed by atoms with Crippen LogP contribution in [-0.4, -0.2) is 34.6 Å². The zero-order valence-electron chi connectivity index (χ0n) is 19.7. The Kier molecular flexibility index (Phi) is 7.74. The van der Waals surface area contributed by atoms with Crippen LogP contribution in [0.15, 0.2) is 96.3 Å². The van der Waals surface area contributed by atoms with Crippen molar-refractivity contribution in [3.63, 3.8) is 0 Å². The van der Waals surface area contributed by atoms with E-state index in [-0.39, 0.29) is 42.7 Å². The lowest BCUT2D eigenvalue weighted by Crippen LogP contribution is -2.49. The van der Waals surface area contributed by atoms with Crippen molar-refractivity contribution >= 4 is 34.0 Å². The van der Waals surface area contributed by atoms with Gasteiger partial charge in [-0.3, -0.25) is 4.79 Å². The molecule has 10 heteroatoms. The number of hydrogen-bond acceptors (Lipinski definition) is 5. The molecule has 3 aromatic carbocycles. The van der Waals surface area contributed by atoms with Crippen LogP contribution in [0.5, 0.6) is 0 Å². The first-order valence-corrected chi connectivity index (χ1v) is 12.8. The third-order valence-corrected chi connectivity index (χ3v) is 8.10. The number of nitrogens with one attached hydrogen (secondary N) is 1. The number of anilines is 1. The summed E-state index contributed by atoms with van der Waals surface area (Å²) in [5.41, 5.74) is 3.08. The topological polar surface area (TPSA) is 110 Å². The van der Waals surface area contributed by atoms with Crippen molar-refractivity contribution < 1.29 is 13.2 Å². The predicted molar refractivity (Wildman–Crippen MR) is 141 cm³/mol. The van der Waals surface area contributed by atoms with Gasteiger partial charge in [-0.05, 0) is 47.9 Å². The zero-order chi connectivity index (χ0) is 25.1. The number of nitriles is 1. The van der Waals surface area contributed by atoms with Gasteiger partial charge in [0.2, 0.25) is 15.9 Å². The van der Waals surface area contributed by atoms with Gasteiger partial charge in [-0.25, -0.2) is 13.4 Å². The third kappa shape index (κ3) is 5.27. The number of aromatic nitrogens is 2. The van der Waals surface area contributed by atoms with E-state index in [0.717, 1.165) is 5.56 Å². The summed E-state index contributed by atoms with van der Waals surface area (Å²) in [7, 11) is -4.05. The number of sulfonamides is 1. The number of carbonyl (C=O) groups is 1. The summed E-state index contributed by atoms with van der Waals surface area (Å²) >= 11 is 0. The zero-order valence-corrected chi connectivity index (χ0v) is 21.3. The molecule has 1 unspecified atom stereocenters. The highest BCUT2D eigenvalue weighted by molar-refractivity contribution is 7.89. The molecule has 1 aliphatic heterocycles. The molecule has 0 spiro atoms. The van der Waals surface area contributed by atoms with Crippen molar-refractivity contribution in [2.75, 3.05) is 4.90 Å². The second-order valence-corrected chi connectivity index (χ2v) is 10.4. The minimum absolute atomic E-state index is 0. The number of amides is 1. The first-order valence-electron chi connectivity index (χ1n) is 11.4. The van der Waals surface area contributed by atoms with Crippen molar-refractivity contribution in [3.8, 4) is 6.07 Å². The molecule has 0 bridgehead atoms. The Bertz CT molecular complexity index is 1520. The monoisotopic (exact) mass is 533 g/mol. The minimum atomic E-state index is -4.05. The highest BCUT2D eigenvalue weighted by Crippen LogP contribution is 2.34. The maximum atomic E-state index is 14.2. The molecule has 188 valence electrons. The molecule has 0 fully saturated rings. The summed E-state index contributed by atoms with van der Waals surface area (Å²) in [5.74, 6) is -0.351. The van der Waals surface area contributed by atoms with Crippen LogP contribution in [0.3, 0.4) is 0 Å². The summed E-state index contributed by atoms with van der Waals surface area (Å²) in [6.07, 6.45) is 3.36. The molecule has 0 saturated heterocycles. The molecule has 1 amide bonds. The molecule has 1 aromatic heterocycles. The Morgan fingerprint density at radius 1 is 1.03 bits per heavy atom. The van der Waals surface area contributed by atoms with Crippen LogP contribution in [0.2, 0.25) is 0 Å². The van der Waals surface area contributed by atoms with Gasteiger partial charge in [-0.15, -0.1) is 12.4 Å². The number of H-pyrrole nitrogens is 1. The van der Waals surface area contributed by atoms with Crippen molar-refractivity contribution in [2.45, 2.75) is 30.4 Å². The fourth-order valence-electron chi connectivity index (χ4n) is 4.46. The minimum Gasteiger partial charge on any atom is -0.347 e. The van der Waals surface area contributed by atoms with Gasteiger partial charge in [0.1, 0.15) is 6.04 Å². The lowest BCUT2D eigenvalue weighted by atomic mass is 10.0. The van der Waals surface area contributed by atoms with Gasteiger partial charge >= 0.3 is 0 Å². The van der Waals surface area contributed by atoms with E-state index >= 15 is 0 Å².